The van der Waals surface area contributed by atoms with Gasteiger partial charge in [0.05, 0.1) is 0 Å². The zero-order chi connectivity index (χ0) is 15.1. The molecule has 0 aliphatic carbocycles. The molecule has 1 fully saturated rings. The van der Waals surface area contributed by atoms with Crippen molar-refractivity contribution in [1.29, 1.82) is 0 Å². The quantitative estimate of drug-likeness (QED) is 0.748. The molecule has 4 nitrogen and oxygen atoms in total. The molecule has 0 aromatic rings. The number of piperidine rings is 1. The zero-order valence-electron chi connectivity index (χ0n) is 13.9. The summed E-state index contributed by atoms with van der Waals surface area (Å²) >= 11 is 0. The molecule has 1 aliphatic heterocycles. The molecule has 0 spiro atoms. The summed E-state index contributed by atoms with van der Waals surface area (Å²) in [6.45, 7) is 9.57. The standard InChI is InChI=1S/C16H33N3O/c1-12(2)15(19(4)5)11-18-16(20)9-13(3)14-7-6-8-17-10-14/h12-15,17H,6-11H2,1-5H3,(H,18,20). The number of likely N-dealkylation sites (N-methyl/N-ethyl adjacent to an activating group) is 1. The third-order valence-corrected chi connectivity index (χ3v) is 4.59. The molecule has 118 valence electrons. The number of amides is 1. The SMILES string of the molecule is CC(C)C(CNC(=O)CC(C)C1CCCNC1)N(C)C. The molecule has 0 saturated carbocycles. The predicted molar refractivity (Wildman–Crippen MR) is 84.7 cm³/mol. The molecule has 4 heteroatoms. The van der Waals surface area contributed by atoms with Crippen LogP contribution in [0.1, 0.15) is 40.0 Å². The van der Waals surface area contributed by atoms with Crippen molar-refractivity contribution in [1.82, 2.24) is 15.5 Å². The lowest BCUT2D eigenvalue weighted by atomic mass is 9.85. The molecule has 3 atom stereocenters. The average molecular weight is 283 g/mol. The fraction of sp³-hybridized carbons (Fsp3) is 0.938. The van der Waals surface area contributed by atoms with Crippen LogP contribution in [0.25, 0.3) is 0 Å². The third-order valence-electron chi connectivity index (χ3n) is 4.59. The Hall–Kier alpha value is -0.610. The van der Waals surface area contributed by atoms with Crippen molar-refractivity contribution in [2.75, 3.05) is 33.7 Å². The van der Waals surface area contributed by atoms with Gasteiger partial charge in [-0.25, -0.2) is 0 Å². The third kappa shape index (κ3) is 5.80. The average Bonchev–Trinajstić information content (AvgIpc) is 2.39. The maximum Gasteiger partial charge on any atom is 0.220 e. The van der Waals surface area contributed by atoms with E-state index in [9.17, 15) is 4.79 Å². The van der Waals surface area contributed by atoms with Crippen LogP contribution in [-0.2, 0) is 4.79 Å². The van der Waals surface area contributed by atoms with Gasteiger partial charge in [0, 0.05) is 19.0 Å². The number of hydrogen-bond acceptors (Lipinski definition) is 3. The zero-order valence-corrected chi connectivity index (χ0v) is 13.9. The van der Waals surface area contributed by atoms with Crippen molar-refractivity contribution >= 4 is 5.91 Å². The van der Waals surface area contributed by atoms with E-state index in [1.54, 1.807) is 0 Å². The molecule has 20 heavy (non-hydrogen) atoms. The summed E-state index contributed by atoms with van der Waals surface area (Å²) in [6, 6.07) is 0.408. The smallest absolute Gasteiger partial charge is 0.220 e. The van der Waals surface area contributed by atoms with Crippen molar-refractivity contribution in [3.05, 3.63) is 0 Å². The van der Waals surface area contributed by atoms with E-state index in [-0.39, 0.29) is 5.91 Å². The maximum atomic E-state index is 12.1. The van der Waals surface area contributed by atoms with Gasteiger partial charge in [-0.15, -0.1) is 0 Å². The van der Waals surface area contributed by atoms with Gasteiger partial charge in [-0.3, -0.25) is 4.79 Å². The van der Waals surface area contributed by atoms with Crippen molar-refractivity contribution in [3.8, 4) is 0 Å². The molecule has 0 aromatic heterocycles. The van der Waals surface area contributed by atoms with Gasteiger partial charge in [-0.1, -0.05) is 20.8 Å². The number of carbonyl (C=O) groups is 1. The summed E-state index contributed by atoms with van der Waals surface area (Å²) in [5.41, 5.74) is 0. The first kappa shape index (κ1) is 17.4. The fourth-order valence-electron chi connectivity index (χ4n) is 3.13. The van der Waals surface area contributed by atoms with Gasteiger partial charge < -0.3 is 15.5 Å². The molecule has 1 saturated heterocycles. The monoisotopic (exact) mass is 283 g/mol. The minimum atomic E-state index is 0.204. The Morgan fingerprint density at radius 2 is 2.05 bits per heavy atom. The molecule has 0 aromatic carbocycles. The molecular weight excluding hydrogens is 250 g/mol. The van der Waals surface area contributed by atoms with Crippen LogP contribution < -0.4 is 10.6 Å². The highest BCUT2D eigenvalue weighted by atomic mass is 16.1. The minimum Gasteiger partial charge on any atom is -0.355 e. The van der Waals surface area contributed by atoms with Crippen LogP contribution in [0.5, 0.6) is 0 Å². The molecule has 3 unspecified atom stereocenters. The van der Waals surface area contributed by atoms with Crippen LogP contribution in [0.4, 0.5) is 0 Å². The number of rotatable bonds is 7. The van der Waals surface area contributed by atoms with E-state index in [0.717, 1.165) is 19.6 Å². The Bertz CT molecular complexity index is 277. The summed E-state index contributed by atoms with van der Waals surface area (Å²) in [7, 11) is 4.15. The van der Waals surface area contributed by atoms with Gasteiger partial charge in [0.25, 0.3) is 0 Å². The van der Waals surface area contributed by atoms with Crippen LogP contribution in [0.15, 0.2) is 0 Å². The highest BCUT2D eigenvalue weighted by molar-refractivity contribution is 5.76. The normalized spacial score (nSPS) is 22.9. The molecular formula is C16H33N3O. The minimum absolute atomic E-state index is 0.204. The van der Waals surface area contributed by atoms with Gasteiger partial charge in [0.1, 0.15) is 0 Å². The predicted octanol–water partition coefficient (Wildman–Crippen LogP) is 1.71. The molecule has 2 N–H and O–H groups in total. The highest BCUT2D eigenvalue weighted by Gasteiger charge is 2.23. The second-order valence-corrected chi connectivity index (χ2v) is 6.87. The summed E-state index contributed by atoms with van der Waals surface area (Å²) in [4.78, 5) is 14.3. The van der Waals surface area contributed by atoms with Gasteiger partial charge in [0.15, 0.2) is 0 Å². The van der Waals surface area contributed by atoms with Crippen molar-refractivity contribution < 1.29 is 4.79 Å². The van der Waals surface area contributed by atoms with Gasteiger partial charge >= 0.3 is 0 Å². The summed E-state index contributed by atoms with van der Waals surface area (Å²) < 4.78 is 0. The lowest BCUT2D eigenvalue weighted by Gasteiger charge is -2.30. The topological polar surface area (TPSA) is 44.4 Å². The number of hydrogen-bond donors (Lipinski definition) is 2. The number of nitrogens with one attached hydrogen (secondary N) is 2. The second-order valence-electron chi connectivity index (χ2n) is 6.87. The molecule has 1 heterocycles. The Morgan fingerprint density at radius 1 is 1.35 bits per heavy atom. The summed E-state index contributed by atoms with van der Waals surface area (Å²) in [6.07, 6.45) is 3.16. The van der Waals surface area contributed by atoms with E-state index in [4.69, 9.17) is 0 Å². The van der Waals surface area contributed by atoms with Crippen molar-refractivity contribution in [2.24, 2.45) is 17.8 Å². The number of carbonyl (C=O) groups excluding carboxylic acids is 1. The second kappa shape index (κ2) is 8.63. The maximum absolute atomic E-state index is 12.1. The lowest BCUT2D eigenvalue weighted by molar-refractivity contribution is -0.122. The molecule has 0 bridgehead atoms. The van der Waals surface area contributed by atoms with Gasteiger partial charge in [0.2, 0.25) is 5.91 Å². The first-order chi connectivity index (χ1) is 9.41. The summed E-state index contributed by atoms with van der Waals surface area (Å²) in [5, 5.41) is 6.55. The van der Waals surface area contributed by atoms with Crippen molar-refractivity contribution in [3.63, 3.8) is 0 Å². The molecule has 1 amide bonds. The Labute approximate surface area is 124 Å². The molecule has 1 aliphatic rings. The van der Waals surface area contributed by atoms with Crippen LogP contribution in [0.2, 0.25) is 0 Å². The van der Waals surface area contributed by atoms with Crippen LogP contribution >= 0.6 is 0 Å². The van der Waals surface area contributed by atoms with E-state index in [1.807, 2.05) is 0 Å². The van der Waals surface area contributed by atoms with E-state index >= 15 is 0 Å². The van der Waals surface area contributed by atoms with Gasteiger partial charge in [-0.05, 0) is 57.8 Å². The Balaban J connectivity index is 2.31. The lowest BCUT2D eigenvalue weighted by Crippen LogP contribution is -2.44. The summed E-state index contributed by atoms with van der Waals surface area (Å²) in [5.74, 6) is 1.88. The van der Waals surface area contributed by atoms with Crippen LogP contribution in [0, 0.1) is 17.8 Å². The first-order valence-electron chi connectivity index (χ1n) is 8.05. The van der Waals surface area contributed by atoms with E-state index < -0.39 is 0 Å². The first-order valence-corrected chi connectivity index (χ1v) is 8.05. The molecule has 1 rings (SSSR count). The van der Waals surface area contributed by atoms with Crippen LogP contribution in [0.3, 0.4) is 0 Å². The van der Waals surface area contributed by atoms with Gasteiger partial charge in [-0.2, -0.15) is 0 Å². The largest absolute Gasteiger partial charge is 0.355 e. The fourth-order valence-corrected chi connectivity index (χ4v) is 3.13. The van der Waals surface area contributed by atoms with E-state index in [2.05, 4.69) is 50.4 Å². The Morgan fingerprint density at radius 3 is 2.55 bits per heavy atom. The van der Waals surface area contributed by atoms with Crippen molar-refractivity contribution in [2.45, 2.75) is 46.1 Å². The molecule has 0 radical (unpaired) electrons. The van der Waals surface area contributed by atoms with Crippen LogP contribution in [-0.4, -0.2) is 50.6 Å². The van der Waals surface area contributed by atoms with E-state index in [1.165, 1.54) is 12.8 Å². The van der Waals surface area contributed by atoms with E-state index in [0.29, 0.717) is 30.2 Å². The highest BCUT2D eigenvalue weighted by Crippen LogP contribution is 2.22. The number of nitrogens with zero attached hydrogens (tertiary/aromatic N) is 1. The Kier molecular flexibility index (Phi) is 7.52.